The molecule has 4 rings (SSSR count). The van der Waals surface area contributed by atoms with E-state index >= 15 is 0 Å². The lowest BCUT2D eigenvalue weighted by molar-refractivity contribution is 0.181. The summed E-state index contributed by atoms with van der Waals surface area (Å²) >= 11 is 0. The normalized spacial score (nSPS) is 14.2. The third-order valence-electron chi connectivity index (χ3n) is 4.84. The van der Waals surface area contributed by atoms with Gasteiger partial charge in [-0.05, 0) is 0 Å². The van der Waals surface area contributed by atoms with E-state index in [9.17, 15) is 0 Å². The molecule has 1 aliphatic heterocycles. The van der Waals surface area contributed by atoms with E-state index in [0.29, 0.717) is 13.2 Å². The number of fused-ring (bicyclic) bond motifs is 1. The van der Waals surface area contributed by atoms with Gasteiger partial charge in [-0.1, -0.05) is 51.1 Å². The topological polar surface area (TPSA) is 69.0 Å². The lowest BCUT2D eigenvalue weighted by atomic mass is 9.95. The zero-order valence-corrected chi connectivity index (χ0v) is 16.9. The monoisotopic (exact) mass is 378 g/mol. The van der Waals surface area contributed by atoms with Gasteiger partial charge in [-0.3, -0.25) is 0 Å². The first-order valence-electron chi connectivity index (χ1n) is 9.55. The van der Waals surface area contributed by atoms with Gasteiger partial charge in [0.25, 0.3) is 0 Å². The first kappa shape index (κ1) is 18.6. The van der Waals surface area contributed by atoms with E-state index in [0.717, 1.165) is 47.6 Å². The molecule has 0 saturated carbocycles. The summed E-state index contributed by atoms with van der Waals surface area (Å²) in [6.07, 6.45) is 0. The van der Waals surface area contributed by atoms with Crippen LogP contribution in [0.2, 0.25) is 0 Å². The third-order valence-corrected chi connectivity index (χ3v) is 4.84. The molecule has 28 heavy (non-hydrogen) atoms. The van der Waals surface area contributed by atoms with Gasteiger partial charge >= 0.3 is 0 Å². The van der Waals surface area contributed by atoms with Crippen molar-refractivity contribution < 1.29 is 4.74 Å². The average Bonchev–Trinajstić information content (AvgIpc) is 3.11. The van der Waals surface area contributed by atoms with Crippen LogP contribution in [-0.2, 0) is 29.8 Å². The quantitative estimate of drug-likeness (QED) is 0.694. The molecular formula is C21H26N6O. The predicted octanol–water partition coefficient (Wildman–Crippen LogP) is 3.20. The maximum absolute atomic E-state index is 5.31. The molecule has 2 aromatic heterocycles. The van der Waals surface area contributed by atoms with Crippen molar-refractivity contribution in [2.45, 2.75) is 45.9 Å². The van der Waals surface area contributed by atoms with E-state index in [1.54, 1.807) is 7.11 Å². The molecule has 0 atom stereocenters. The van der Waals surface area contributed by atoms with Crippen molar-refractivity contribution in [2.75, 3.05) is 18.6 Å². The zero-order valence-electron chi connectivity index (χ0n) is 16.9. The highest BCUT2D eigenvalue weighted by molar-refractivity contribution is 5.55. The second kappa shape index (κ2) is 7.31. The van der Waals surface area contributed by atoms with Crippen LogP contribution in [0.3, 0.4) is 0 Å². The number of methoxy groups -OCH3 is 1. The Morgan fingerprint density at radius 2 is 1.82 bits per heavy atom. The summed E-state index contributed by atoms with van der Waals surface area (Å²) in [5.41, 5.74) is 1.86. The summed E-state index contributed by atoms with van der Waals surface area (Å²) < 4.78 is 7.51. The van der Waals surface area contributed by atoms with Crippen molar-refractivity contribution in [2.24, 2.45) is 0 Å². The van der Waals surface area contributed by atoms with Crippen LogP contribution >= 0.6 is 0 Å². The molecule has 7 heteroatoms. The fraction of sp³-hybridized carbons (Fsp3) is 0.429. The van der Waals surface area contributed by atoms with Crippen LogP contribution in [0.1, 0.15) is 38.1 Å². The molecule has 0 bridgehead atoms. The molecule has 0 unspecified atom stereocenters. The summed E-state index contributed by atoms with van der Waals surface area (Å²) in [5.74, 6) is 3.62. The van der Waals surface area contributed by atoms with E-state index in [-0.39, 0.29) is 5.41 Å². The second-order valence-corrected chi connectivity index (χ2v) is 8.10. The lowest BCUT2D eigenvalue weighted by Crippen LogP contribution is -2.35. The summed E-state index contributed by atoms with van der Waals surface area (Å²) in [5, 5.41) is 8.88. The van der Waals surface area contributed by atoms with E-state index in [4.69, 9.17) is 9.72 Å². The Morgan fingerprint density at radius 1 is 1.04 bits per heavy atom. The van der Waals surface area contributed by atoms with Crippen LogP contribution < -0.4 is 4.90 Å². The molecule has 146 valence electrons. The highest BCUT2D eigenvalue weighted by Gasteiger charge is 2.25. The van der Waals surface area contributed by atoms with Gasteiger partial charge in [-0.15, -0.1) is 10.2 Å². The molecule has 3 heterocycles. The van der Waals surface area contributed by atoms with Crippen LogP contribution in [-0.4, -0.2) is 38.4 Å². The maximum Gasteiger partial charge on any atom is 0.164 e. The highest BCUT2D eigenvalue weighted by Crippen LogP contribution is 2.27. The first-order chi connectivity index (χ1) is 13.5. The van der Waals surface area contributed by atoms with Crippen molar-refractivity contribution in [3.8, 4) is 11.4 Å². The third kappa shape index (κ3) is 3.62. The number of rotatable bonds is 4. The average molecular weight is 378 g/mol. The first-order valence-corrected chi connectivity index (χ1v) is 9.55. The van der Waals surface area contributed by atoms with Crippen LogP contribution in [0, 0.1) is 0 Å². The molecule has 0 fully saturated rings. The minimum absolute atomic E-state index is 0.130. The number of aromatic nitrogens is 5. The standard InChI is InChI=1S/C21H26N6O/c1-21(2,3)20-22-16(14-28-4)12-17(23-20)26-10-11-27-18(13-26)24-25-19(27)15-8-6-5-7-9-15/h5-9,12H,10-11,13-14H2,1-4H3. The molecule has 0 amide bonds. The summed E-state index contributed by atoms with van der Waals surface area (Å²) in [6.45, 7) is 9.19. The SMILES string of the molecule is COCc1cc(N2CCn3c(nnc3-c3ccccc3)C2)nc(C(C)(C)C)n1. The molecule has 0 spiro atoms. The number of benzene rings is 1. The van der Waals surface area contributed by atoms with Gasteiger partial charge < -0.3 is 14.2 Å². The molecular weight excluding hydrogens is 352 g/mol. The summed E-state index contributed by atoms with van der Waals surface area (Å²) in [6, 6.07) is 12.2. The van der Waals surface area contributed by atoms with Crippen LogP contribution in [0.4, 0.5) is 5.82 Å². The van der Waals surface area contributed by atoms with Gasteiger partial charge in [0.2, 0.25) is 0 Å². The van der Waals surface area contributed by atoms with Gasteiger partial charge in [0.1, 0.15) is 11.6 Å². The lowest BCUT2D eigenvalue weighted by Gasteiger charge is -2.30. The van der Waals surface area contributed by atoms with Gasteiger partial charge in [0, 0.05) is 37.2 Å². The molecule has 0 aliphatic carbocycles. The number of nitrogens with zero attached hydrogens (tertiary/aromatic N) is 6. The Kier molecular flexibility index (Phi) is 4.85. The van der Waals surface area contributed by atoms with Gasteiger partial charge in [0.05, 0.1) is 18.8 Å². The van der Waals surface area contributed by atoms with Gasteiger partial charge in [0.15, 0.2) is 11.6 Å². The summed E-state index contributed by atoms with van der Waals surface area (Å²) in [7, 11) is 1.69. The van der Waals surface area contributed by atoms with Gasteiger partial charge in [-0.25, -0.2) is 9.97 Å². The fourth-order valence-electron chi connectivity index (χ4n) is 3.36. The van der Waals surface area contributed by atoms with Crippen molar-refractivity contribution in [3.63, 3.8) is 0 Å². The Morgan fingerprint density at radius 3 is 2.54 bits per heavy atom. The Hall–Kier alpha value is -2.80. The Labute approximate surface area is 165 Å². The minimum atomic E-state index is -0.130. The second-order valence-electron chi connectivity index (χ2n) is 8.10. The largest absolute Gasteiger partial charge is 0.378 e. The van der Waals surface area contributed by atoms with E-state index in [2.05, 4.69) is 57.6 Å². The molecule has 3 aromatic rings. The van der Waals surface area contributed by atoms with Crippen molar-refractivity contribution in [1.29, 1.82) is 0 Å². The predicted molar refractivity (Wildman–Crippen MR) is 108 cm³/mol. The molecule has 7 nitrogen and oxygen atoms in total. The van der Waals surface area contributed by atoms with Crippen molar-refractivity contribution >= 4 is 5.82 Å². The van der Waals surface area contributed by atoms with Crippen molar-refractivity contribution in [3.05, 3.63) is 53.7 Å². The zero-order chi connectivity index (χ0) is 19.7. The van der Waals surface area contributed by atoms with Crippen LogP contribution in [0.5, 0.6) is 0 Å². The molecule has 0 radical (unpaired) electrons. The molecule has 1 aliphatic rings. The van der Waals surface area contributed by atoms with E-state index in [1.165, 1.54) is 0 Å². The molecule has 1 aromatic carbocycles. The van der Waals surface area contributed by atoms with Gasteiger partial charge in [-0.2, -0.15) is 0 Å². The van der Waals surface area contributed by atoms with E-state index < -0.39 is 0 Å². The number of hydrogen-bond donors (Lipinski definition) is 0. The van der Waals surface area contributed by atoms with E-state index in [1.807, 2.05) is 24.3 Å². The van der Waals surface area contributed by atoms with Crippen LogP contribution in [0.15, 0.2) is 36.4 Å². The summed E-state index contributed by atoms with van der Waals surface area (Å²) in [4.78, 5) is 11.8. The van der Waals surface area contributed by atoms with Crippen LogP contribution in [0.25, 0.3) is 11.4 Å². The highest BCUT2D eigenvalue weighted by atomic mass is 16.5. The van der Waals surface area contributed by atoms with Crippen molar-refractivity contribution in [1.82, 2.24) is 24.7 Å². The maximum atomic E-state index is 5.31. The Balaban J connectivity index is 1.65. The molecule has 0 N–H and O–H groups in total. The molecule has 0 saturated heterocycles. The number of anilines is 1. The Bertz CT molecular complexity index is 961. The minimum Gasteiger partial charge on any atom is -0.378 e. The smallest absolute Gasteiger partial charge is 0.164 e. The number of ether oxygens (including phenoxy) is 1. The fourth-order valence-corrected chi connectivity index (χ4v) is 3.36. The number of hydrogen-bond acceptors (Lipinski definition) is 6.